The quantitative estimate of drug-likeness (QED) is 0.808. The lowest BCUT2D eigenvalue weighted by Gasteiger charge is -2.38. The molecule has 0 aliphatic carbocycles. The average Bonchev–Trinajstić information content (AvgIpc) is 3.10. The molecule has 3 rings (SSSR count). The second kappa shape index (κ2) is 6.01. The number of likely N-dealkylation sites (tertiary alicyclic amines) is 1. The topological polar surface area (TPSA) is 96.3 Å². The van der Waals surface area contributed by atoms with Crippen molar-refractivity contribution in [1.82, 2.24) is 30.0 Å². The maximum absolute atomic E-state index is 10.8. The molecular weight excluding hydrogens is 286 g/mol. The van der Waals surface area contributed by atoms with Crippen LogP contribution in [0.25, 0.3) is 0 Å². The van der Waals surface area contributed by atoms with E-state index in [1.165, 1.54) is 0 Å². The highest BCUT2D eigenvalue weighted by molar-refractivity contribution is 5.23. The summed E-state index contributed by atoms with van der Waals surface area (Å²) in [5, 5.41) is 22.4. The van der Waals surface area contributed by atoms with Crippen molar-refractivity contribution < 1.29 is 9.63 Å². The van der Waals surface area contributed by atoms with Crippen molar-refractivity contribution in [3.05, 3.63) is 18.3 Å². The number of nitrogens with zero attached hydrogens (tertiary/aromatic N) is 7. The zero-order valence-electron chi connectivity index (χ0n) is 12.9. The lowest BCUT2D eigenvalue weighted by Crippen LogP contribution is -2.50. The first-order valence-corrected chi connectivity index (χ1v) is 7.33. The molecule has 0 aromatic carbocycles. The third-order valence-electron chi connectivity index (χ3n) is 3.78. The van der Waals surface area contributed by atoms with Gasteiger partial charge in [-0.15, -0.1) is 5.10 Å². The smallest absolute Gasteiger partial charge is 0.265 e. The van der Waals surface area contributed by atoms with Crippen LogP contribution in [0.5, 0.6) is 0 Å². The van der Waals surface area contributed by atoms with Crippen molar-refractivity contribution in [3.63, 3.8) is 0 Å². The van der Waals surface area contributed by atoms with Gasteiger partial charge in [-0.2, -0.15) is 4.98 Å². The molecule has 3 heterocycles. The molecule has 1 fully saturated rings. The Balaban J connectivity index is 1.62. The minimum absolute atomic E-state index is 0.441. The van der Waals surface area contributed by atoms with Gasteiger partial charge in [0.1, 0.15) is 0 Å². The standard InChI is InChI=1S/C13H21N7O2/c1-18(2)12-15-11(22-16-12)8-19-6-3-4-13(21,9-19)10-20-7-5-14-17-20/h5,7,21H,3-4,6,8-10H2,1-2H3/t13-/m1/s1. The molecule has 0 amide bonds. The predicted molar refractivity (Wildman–Crippen MR) is 78.1 cm³/mol. The van der Waals surface area contributed by atoms with Crippen molar-refractivity contribution in [2.24, 2.45) is 0 Å². The molecule has 9 heteroatoms. The lowest BCUT2D eigenvalue weighted by atomic mass is 9.93. The summed E-state index contributed by atoms with van der Waals surface area (Å²) in [4.78, 5) is 8.25. The summed E-state index contributed by atoms with van der Waals surface area (Å²) >= 11 is 0. The zero-order chi connectivity index (χ0) is 15.6. The summed E-state index contributed by atoms with van der Waals surface area (Å²) in [7, 11) is 3.73. The van der Waals surface area contributed by atoms with Crippen LogP contribution >= 0.6 is 0 Å². The van der Waals surface area contributed by atoms with E-state index in [0.717, 1.165) is 19.4 Å². The van der Waals surface area contributed by atoms with Gasteiger partial charge in [-0.05, 0) is 24.5 Å². The highest BCUT2D eigenvalue weighted by Crippen LogP contribution is 2.24. The van der Waals surface area contributed by atoms with E-state index in [-0.39, 0.29) is 0 Å². The van der Waals surface area contributed by atoms with Crippen molar-refractivity contribution >= 4 is 5.95 Å². The number of hydrogen-bond donors (Lipinski definition) is 1. The minimum atomic E-state index is -0.809. The van der Waals surface area contributed by atoms with Gasteiger partial charge in [0, 0.05) is 26.8 Å². The predicted octanol–water partition coefficient (Wildman–Crippen LogP) is -0.246. The Hall–Kier alpha value is -2.00. The Morgan fingerprint density at radius 2 is 2.32 bits per heavy atom. The monoisotopic (exact) mass is 307 g/mol. The van der Waals surface area contributed by atoms with Crippen LogP contribution in [0.4, 0.5) is 5.95 Å². The van der Waals surface area contributed by atoms with Gasteiger partial charge in [0.25, 0.3) is 5.95 Å². The summed E-state index contributed by atoms with van der Waals surface area (Å²) < 4.78 is 6.92. The summed E-state index contributed by atoms with van der Waals surface area (Å²) in [5.74, 6) is 1.12. The largest absolute Gasteiger partial charge is 0.387 e. The number of piperidine rings is 1. The first-order chi connectivity index (χ1) is 10.5. The molecule has 1 aliphatic rings. The molecule has 0 unspecified atom stereocenters. The first-order valence-electron chi connectivity index (χ1n) is 7.33. The molecule has 0 spiro atoms. The van der Waals surface area contributed by atoms with Crippen LogP contribution in [0, 0.1) is 0 Å². The number of anilines is 1. The Morgan fingerprint density at radius 1 is 1.45 bits per heavy atom. The van der Waals surface area contributed by atoms with Gasteiger partial charge in [-0.1, -0.05) is 5.21 Å². The van der Waals surface area contributed by atoms with E-state index in [1.807, 2.05) is 14.1 Å². The number of rotatable bonds is 5. The van der Waals surface area contributed by atoms with Crippen LogP contribution in [0.1, 0.15) is 18.7 Å². The molecule has 0 bridgehead atoms. The number of β-amino-alcohol motifs (C(OH)–C–C–N with tert-alkyl or cyclic N) is 1. The molecule has 0 radical (unpaired) electrons. The fraction of sp³-hybridized carbons (Fsp3) is 0.692. The Bertz CT molecular complexity index is 597. The number of hydrogen-bond acceptors (Lipinski definition) is 8. The second-order valence-corrected chi connectivity index (χ2v) is 6.02. The highest BCUT2D eigenvalue weighted by Gasteiger charge is 2.34. The van der Waals surface area contributed by atoms with E-state index in [1.54, 1.807) is 22.0 Å². The van der Waals surface area contributed by atoms with Crippen LogP contribution in [-0.4, -0.2) is 67.9 Å². The molecule has 120 valence electrons. The molecule has 1 saturated heterocycles. The molecule has 22 heavy (non-hydrogen) atoms. The SMILES string of the molecule is CN(C)c1noc(CN2CCC[C@](O)(Cn3ccnn3)C2)n1. The second-order valence-electron chi connectivity index (χ2n) is 6.02. The Kier molecular flexibility index (Phi) is 4.08. The van der Waals surface area contributed by atoms with Crippen LogP contribution in [0.15, 0.2) is 16.9 Å². The van der Waals surface area contributed by atoms with Gasteiger partial charge in [0.05, 0.1) is 24.9 Å². The molecule has 1 atom stereocenters. The van der Waals surface area contributed by atoms with Crippen LogP contribution in [-0.2, 0) is 13.1 Å². The van der Waals surface area contributed by atoms with Gasteiger partial charge in [0.2, 0.25) is 5.89 Å². The van der Waals surface area contributed by atoms with Crippen molar-refractivity contribution in [3.8, 4) is 0 Å². The molecule has 0 saturated carbocycles. The minimum Gasteiger partial charge on any atom is -0.387 e. The molecule has 2 aromatic heterocycles. The van der Waals surface area contributed by atoms with Crippen molar-refractivity contribution in [2.45, 2.75) is 31.5 Å². The molecule has 1 N–H and O–H groups in total. The zero-order valence-corrected chi connectivity index (χ0v) is 12.9. The van der Waals surface area contributed by atoms with Gasteiger partial charge in [0.15, 0.2) is 0 Å². The maximum Gasteiger partial charge on any atom is 0.265 e. The van der Waals surface area contributed by atoms with E-state index >= 15 is 0 Å². The number of aliphatic hydroxyl groups is 1. The van der Waals surface area contributed by atoms with E-state index in [4.69, 9.17) is 4.52 Å². The Morgan fingerprint density at radius 3 is 3.00 bits per heavy atom. The molecule has 9 nitrogen and oxygen atoms in total. The third-order valence-corrected chi connectivity index (χ3v) is 3.78. The number of aromatic nitrogens is 5. The molecule has 1 aliphatic heterocycles. The average molecular weight is 307 g/mol. The van der Waals surface area contributed by atoms with Gasteiger partial charge in [-0.3, -0.25) is 4.90 Å². The summed E-state index contributed by atoms with van der Waals surface area (Å²) in [6.45, 7) is 2.43. The van der Waals surface area contributed by atoms with Crippen molar-refractivity contribution in [1.29, 1.82) is 0 Å². The summed E-state index contributed by atoms with van der Waals surface area (Å²) in [5.41, 5.74) is -0.809. The van der Waals surface area contributed by atoms with Gasteiger partial charge >= 0.3 is 0 Å². The van der Waals surface area contributed by atoms with E-state index in [9.17, 15) is 5.11 Å². The Labute approximate surface area is 128 Å². The third kappa shape index (κ3) is 3.42. The van der Waals surface area contributed by atoms with E-state index in [0.29, 0.717) is 31.5 Å². The molecular formula is C13H21N7O2. The van der Waals surface area contributed by atoms with Crippen molar-refractivity contribution in [2.75, 3.05) is 32.1 Å². The summed E-state index contributed by atoms with van der Waals surface area (Å²) in [6, 6.07) is 0. The van der Waals surface area contributed by atoms with E-state index < -0.39 is 5.60 Å². The van der Waals surface area contributed by atoms with Gasteiger partial charge < -0.3 is 14.5 Å². The van der Waals surface area contributed by atoms with E-state index in [2.05, 4.69) is 25.4 Å². The van der Waals surface area contributed by atoms with Gasteiger partial charge in [-0.25, -0.2) is 4.68 Å². The fourth-order valence-corrected chi connectivity index (χ4v) is 2.77. The lowest BCUT2D eigenvalue weighted by molar-refractivity contribution is -0.0498. The molecule has 2 aromatic rings. The first kappa shape index (κ1) is 14.9. The van der Waals surface area contributed by atoms with Crippen LogP contribution in [0.3, 0.4) is 0 Å². The summed E-state index contributed by atoms with van der Waals surface area (Å²) in [6.07, 6.45) is 5.04. The maximum atomic E-state index is 10.8. The normalized spacial score (nSPS) is 22.9. The van der Waals surface area contributed by atoms with Crippen LogP contribution in [0.2, 0.25) is 0 Å². The fourth-order valence-electron chi connectivity index (χ4n) is 2.77. The van der Waals surface area contributed by atoms with Crippen LogP contribution < -0.4 is 4.90 Å². The highest BCUT2D eigenvalue weighted by atomic mass is 16.5.